The van der Waals surface area contributed by atoms with Gasteiger partial charge in [0, 0.05) is 17.4 Å². The number of carbonyl (C=O) groups is 2. The molecule has 2 N–H and O–H groups in total. The SMILES string of the molecule is O=C(NC(Cc1ccccc1)C(=O)Nc1ccc(Cl)cc1Cl)C1CCC1. The van der Waals surface area contributed by atoms with E-state index < -0.39 is 6.04 Å². The second kappa shape index (κ2) is 8.56. The Morgan fingerprint density at radius 1 is 1.08 bits per heavy atom. The van der Waals surface area contributed by atoms with Gasteiger partial charge in [-0.3, -0.25) is 9.59 Å². The first-order valence-corrected chi connectivity index (χ1v) is 9.39. The Labute approximate surface area is 162 Å². The number of nitrogens with one attached hydrogen (secondary N) is 2. The van der Waals surface area contributed by atoms with Crippen molar-refractivity contribution in [2.45, 2.75) is 31.7 Å². The van der Waals surface area contributed by atoms with Crippen molar-refractivity contribution in [3.63, 3.8) is 0 Å². The van der Waals surface area contributed by atoms with Crippen LogP contribution >= 0.6 is 23.2 Å². The molecule has 0 aliphatic heterocycles. The maximum Gasteiger partial charge on any atom is 0.247 e. The van der Waals surface area contributed by atoms with Crippen LogP contribution in [-0.2, 0) is 16.0 Å². The third kappa shape index (κ3) is 4.77. The van der Waals surface area contributed by atoms with Crippen LogP contribution < -0.4 is 10.6 Å². The van der Waals surface area contributed by atoms with E-state index >= 15 is 0 Å². The van der Waals surface area contributed by atoms with Gasteiger partial charge in [-0.25, -0.2) is 0 Å². The summed E-state index contributed by atoms with van der Waals surface area (Å²) in [5.41, 5.74) is 1.45. The molecule has 3 rings (SSSR count). The summed E-state index contributed by atoms with van der Waals surface area (Å²) >= 11 is 12.0. The van der Waals surface area contributed by atoms with Gasteiger partial charge in [0.05, 0.1) is 10.7 Å². The lowest BCUT2D eigenvalue weighted by molar-refractivity contribution is -0.131. The van der Waals surface area contributed by atoms with E-state index in [4.69, 9.17) is 23.2 Å². The maximum absolute atomic E-state index is 12.8. The zero-order chi connectivity index (χ0) is 18.5. The van der Waals surface area contributed by atoms with Crippen LogP contribution in [0.15, 0.2) is 48.5 Å². The molecule has 0 saturated heterocycles. The number of halogens is 2. The number of carbonyl (C=O) groups excluding carboxylic acids is 2. The Balaban J connectivity index is 1.74. The number of hydrogen-bond acceptors (Lipinski definition) is 2. The number of amides is 2. The molecule has 0 spiro atoms. The minimum Gasteiger partial charge on any atom is -0.344 e. The smallest absolute Gasteiger partial charge is 0.247 e. The molecule has 0 aromatic heterocycles. The van der Waals surface area contributed by atoms with Gasteiger partial charge in [-0.1, -0.05) is 60.0 Å². The van der Waals surface area contributed by atoms with Crippen LogP contribution in [0.4, 0.5) is 5.69 Å². The quantitative estimate of drug-likeness (QED) is 0.764. The highest BCUT2D eigenvalue weighted by atomic mass is 35.5. The van der Waals surface area contributed by atoms with Crippen molar-refractivity contribution < 1.29 is 9.59 Å². The normalized spacial score (nSPS) is 15.0. The number of anilines is 1. The van der Waals surface area contributed by atoms with Crippen LogP contribution in [0.2, 0.25) is 10.0 Å². The minimum atomic E-state index is -0.669. The van der Waals surface area contributed by atoms with Crippen molar-refractivity contribution in [3.8, 4) is 0 Å². The Bertz CT molecular complexity index is 792. The lowest BCUT2D eigenvalue weighted by atomic mass is 9.84. The molecule has 2 amide bonds. The first kappa shape index (κ1) is 18.7. The van der Waals surface area contributed by atoms with Crippen LogP contribution in [0.25, 0.3) is 0 Å². The molecule has 136 valence electrons. The molecule has 1 atom stereocenters. The van der Waals surface area contributed by atoms with Crippen molar-refractivity contribution in [2.24, 2.45) is 5.92 Å². The van der Waals surface area contributed by atoms with E-state index in [1.807, 2.05) is 30.3 Å². The summed E-state index contributed by atoms with van der Waals surface area (Å²) in [6.45, 7) is 0. The fourth-order valence-electron chi connectivity index (χ4n) is 2.83. The van der Waals surface area contributed by atoms with Gasteiger partial charge >= 0.3 is 0 Å². The van der Waals surface area contributed by atoms with Crippen molar-refractivity contribution in [1.29, 1.82) is 0 Å². The number of hydrogen-bond donors (Lipinski definition) is 2. The summed E-state index contributed by atoms with van der Waals surface area (Å²) in [6, 6.07) is 13.8. The molecular weight excluding hydrogens is 371 g/mol. The van der Waals surface area contributed by atoms with Crippen molar-refractivity contribution in [3.05, 3.63) is 64.1 Å². The van der Waals surface area contributed by atoms with Crippen LogP contribution in [0.1, 0.15) is 24.8 Å². The predicted octanol–water partition coefficient (Wildman–Crippen LogP) is 4.46. The molecule has 1 aliphatic rings. The van der Waals surface area contributed by atoms with Gasteiger partial charge in [0.1, 0.15) is 6.04 Å². The van der Waals surface area contributed by atoms with E-state index in [1.54, 1.807) is 18.2 Å². The second-order valence-electron chi connectivity index (χ2n) is 6.49. The summed E-state index contributed by atoms with van der Waals surface area (Å²) in [7, 11) is 0. The van der Waals surface area contributed by atoms with Crippen LogP contribution in [0.5, 0.6) is 0 Å². The zero-order valence-corrected chi connectivity index (χ0v) is 15.7. The second-order valence-corrected chi connectivity index (χ2v) is 7.34. The Kier molecular flexibility index (Phi) is 6.17. The summed E-state index contributed by atoms with van der Waals surface area (Å²) in [5, 5.41) is 6.54. The highest BCUT2D eigenvalue weighted by molar-refractivity contribution is 6.36. The topological polar surface area (TPSA) is 58.2 Å². The fourth-order valence-corrected chi connectivity index (χ4v) is 3.29. The third-order valence-corrected chi connectivity index (χ3v) is 5.13. The van der Waals surface area contributed by atoms with Crippen molar-refractivity contribution >= 4 is 40.7 Å². The molecule has 2 aromatic carbocycles. The summed E-state index contributed by atoms with van der Waals surface area (Å²) < 4.78 is 0. The van der Waals surface area contributed by atoms with E-state index in [2.05, 4.69) is 10.6 Å². The summed E-state index contributed by atoms with van der Waals surface area (Å²) in [4.78, 5) is 25.2. The Morgan fingerprint density at radius 3 is 2.42 bits per heavy atom. The molecule has 1 unspecified atom stereocenters. The van der Waals surface area contributed by atoms with Gasteiger partial charge in [-0.05, 0) is 36.6 Å². The average molecular weight is 391 g/mol. The Morgan fingerprint density at radius 2 is 1.81 bits per heavy atom. The molecule has 4 nitrogen and oxygen atoms in total. The third-order valence-electron chi connectivity index (χ3n) is 4.58. The van der Waals surface area contributed by atoms with Gasteiger partial charge in [0.25, 0.3) is 0 Å². The molecular formula is C20H20Cl2N2O2. The van der Waals surface area contributed by atoms with Gasteiger partial charge in [0.2, 0.25) is 11.8 Å². The van der Waals surface area contributed by atoms with Crippen LogP contribution in [-0.4, -0.2) is 17.9 Å². The van der Waals surface area contributed by atoms with E-state index in [1.165, 1.54) is 0 Å². The maximum atomic E-state index is 12.8. The van der Waals surface area contributed by atoms with Crippen molar-refractivity contribution in [2.75, 3.05) is 5.32 Å². The predicted molar refractivity (Wildman–Crippen MR) is 105 cm³/mol. The van der Waals surface area contributed by atoms with E-state index in [9.17, 15) is 9.59 Å². The summed E-state index contributed by atoms with van der Waals surface area (Å²) in [6.07, 6.45) is 3.24. The lowest BCUT2D eigenvalue weighted by Gasteiger charge is -2.27. The molecule has 6 heteroatoms. The van der Waals surface area contributed by atoms with E-state index in [-0.39, 0.29) is 17.7 Å². The largest absolute Gasteiger partial charge is 0.344 e. The van der Waals surface area contributed by atoms with E-state index in [0.29, 0.717) is 22.2 Å². The van der Waals surface area contributed by atoms with Gasteiger partial charge in [-0.15, -0.1) is 0 Å². The molecule has 1 saturated carbocycles. The Hall–Kier alpha value is -2.04. The standard InChI is InChI=1S/C20H20Cl2N2O2/c21-15-9-10-17(16(22)12-15)23-20(26)18(11-13-5-2-1-3-6-13)24-19(25)14-7-4-8-14/h1-3,5-6,9-10,12,14,18H,4,7-8,11H2,(H,23,26)(H,24,25). The van der Waals surface area contributed by atoms with Gasteiger partial charge in [-0.2, -0.15) is 0 Å². The lowest BCUT2D eigenvalue weighted by Crippen LogP contribution is -2.48. The molecule has 2 aromatic rings. The molecule has 1 aliphatic carbocycles. The zero-order valence-electron chi connectivity index (χ0n) is 14.2. The number of rotatable bonds is 6. The first-order chi connectivity index (χ1) is 12.5. The molecule has 0 heterocycles. The van der Waals surface area contributed by atoms with Crippen LogP contribution in [0, 0.1) is 5.92 Å². The fraction of sp³-hybridized carbons (Fsp3) is 0.300. The average Bonchev–Trinajstić information content (AvgIpc) is 2.56. The van der Waals surface area contributed by atoms with Crippen LogP contribution in [0.3, 0.4) is 0 Å². The first-order valence-electron chi connectivity index (χ1n) is 8.63. The molecule has 0 radical (unpaired) electrons. The molecule has 26 heavy (non-hydrogen) atoms. The van der Waals surface area contributed by atoms with E-state index in [0.717, 1.165) is 24.8 Å². The minimum absolute atomic E-state index is 0.0141. The van der Waals surface area contributed by atoms with Gasteiger partial charge in [0.15, 0.2) is 0 Å². The van der Waals surface area contributed by atoms with Crippen molar-refractivity contribution in [1.82, 2.24) is 5.32 Å². The molecule has 0 bridgehead atoms. The monoisotopic (exact) mass is 390 g/mol. The molecule has 1 fully saturated rings. The highest BCUT2D eigenvalue weighted by Gasteiger charge is 2.29. The summed E-state index contributed by atoms with van der Waals surface area (Å²) in [5.74, 6) is -0.347. The highest BCUT2D eigenvalue weighted by Crippen LogP contribution is 2.27. The number of benzene rings is 2. The van der Waals surface area contributed by atoms with Gasteiger partial charge < -0.3 is 10.6 Å².